The summed E-state index contributed by atoms with van der Waals surface area (Å²) < 4.78 is 14.1. The Labute approximate surface area is 274 Å². The zero-order valence-electron chi connectivity index (χ0n) is 27.4. The molecule has 2 unspecified atom stereocenters. The quantitative estimate of drug-likeness (QED) is 0.260. The van der Waals surface area contributed by atoms with Crippen molar-refractivity contribution in [3.8, 4) is 0 Å². The third-order valence-electron chi connectivity index (χ3n) is 7.73. The summed E-state index contributed by atoms with van der Waals surface area (Å²) in [5.41, 5.74) is 8.33. The van der Waals surface area contributed by atoms with Crippen molar-refractivity contribution >= 4 is 40.9 Å². The number of anilines is 1. The number of aromatic nitrogens is 6. The van der Waals surface area contributed by atoms with E-state index in [9.17, 15) is 9.59 Å². The van der Waals surface area contributed by atoms with Gasteiger partial charge >= 0.3 is 12.2 Å². The number of likely N-dealkylation sites (tertiary alicyclic amines) is 2. The van der Waals surface area contributed by atoms with Crippen LogP contribution in [-0.2, 0) is 9.47 Å². The fraction of sp³-hybridized carbons (Fsp3) is 0.562. The summed E-state index contributed by atoms with van der Waals surface area (Å²) in [7, 11) is 0. The van der Waals surface area contributed by atoms with Crippen molar-refractivity contribution in [3.05, 3.63) is 53.2 Å². The van der Waals surface area contributed by atoms with E-state index >= 15 is 0 Å². The minimum Gasteiger partial charge on any atom is -0.444 e. The number of nitrogens with zero attached hydrogens (tertiary/aromatic N) is 8. The Morgan fingerprint density at radius 2 is 1.24 bits per heavy atom. The van der Waals surface area contributed by atoms with Gasteiger partial charge in [-0.05, 0) is 73.3 Å². The van der Waals surface area contributed by atoms with Crippen molar-refractivity contribution < 1.29 is 19.1 Å². The third-order valence-corrected chi connectivity index (χ3v) is 7.99. The molecular weight excluding hydrogens is 610 g/mol. The molecule has 6 rings (SSSR count). The van der Waals surface area contributed by atoms with Gasteiger partial charge in [0.2, 0.25) is 0 Å². The number of hydrogen-bond acceptors (Lipinski definition) is 9. The van der Waals surface area contributed by atoms with Crippen LogP contribution in [-0.4, -0.2) is 88.6 Å². The predicted molar refractivity (Wildman–Crippen MR) is 175 cm³/mol. The van der Waals surface area contributed by atoms with Crippen LogP contribution in [0.15, 0.2) is 36.7 Å². The molecule has 0 bridgehead atoms. The van der Waals surface area contributed by atoms with Gasteiger partial charge in [0.25, 0.3) is 0 Å². The molecule has 6 heterocycles. The number of halogens is 1. The number of ether oxygens (including phenoxy) is 2. The highest BCUT2D eigenvalue weighted by molar-refractivity contribution is 6.29. The van der Waals surface area contributed by atoms with Crippen LogP contribution in [0.5, 0.6) is 0 Å². The molecule has 13 nitrogen and oxygen atoms in total. The molecule has 2 N–H and O–H groups in total. The second kappa shape index (κ2) is 13.3. The zero-order chi connectivity index (χ0) is 33.2. The van der Waals surface area contributed by atoms with Gasteiger partial charge in [0.05, 0.1) is 23.8 Å². The van der Waals surface area contributed by atoms with Crippen LogP contribution < -0.4 is 5.73 Å². The van der Waals surface area contributed by atoms with Crippen LogP contribution >= 0.6 is 11.6 Å². The summed E-state index contributed by atoms with van der Waals surface area (Å²) in [6.45, 7) is 13.9. The first kappa shape index (κ1) is 33.2. The Morgan fingerprint density at radius 1 is 0.783 bits per heavy atom. The van der Waals surface area contributed by atoms with E-state index in [-0.39, 0.29) is 24.0 Å². The van der Waals surface area contributed by atoms with Crippen LogP contribution in [0.4, 0.5) is 15.4 Å². The van der Waals surface area contributed by atoms with Crippen molar-refractivity contribution in [1.29, 1.82) is 0 Å². The molecule has 0 radical (unpaired) electrons. The van der Waals surface area contributed by atoms with E-state index in [1.807, 2.05) is 65.8 Å². The molecule has 4 aromatic heterocycles. The van der Waals surface area contributed by atoms with Gasteiger partial charge in [-0.1, -0.05) is 11.6 Å². The number of rotatable bonds is 2. The molecular formula is C32H44ClN9O4. The van der Waals surface area contributed by atoms with Gasteiger partial charge in [0.1, 0.15) is 22.2 Å². The van der Waals surface area contributed by atoms with Gasteiger partial charge in [0.15, 0.2) is 11.3 Å². The lowest BCUT2D eigenvalue weighted by atomic mass is 9.94. The molecule has 46 heavy (non-hydrogen) atoms. The second-order valence-corrected chi connectivity index (χ2v) is 14.2. The number of amides is 2. The minimum absolute atomic E-state index is 0.161. The summed E-state index contributed by atoms with van der Waals surface area (Å²) in [6, 6.07) is 7.34. The maximum absolute atomic E-state index is 12.3. The average Bonchev–Trinajstić information content (AvgIpc) is 3.66. The predicted octanol–water partition coefficient (Wildman–Crippen LogP) is 5.92. The Kier molecular flexibility index (Phi) is 9.62. The average molecular weight is 654 g/mol. The summed E-state index contributed by atoms with van der Waals surface area (Å²) in [5.74, 6) is 0.886. The normalized spacial score (nSPS) is 19.1. The Hall–Kier alpha value is -4.13. The molecule has 4 aromatic rings. The number of fused-ring (bicyclic) bond motifs is 2. The highest BCUT2D eigenvalue weighted by Crippen LogP contribution is 2.30. The molecule has 14 heteroatoms. The van der Waals surface area contributed by atoms with E-state index in [2.05, 4.69) is 20.2 Å². The molecule has 2 aliphatic heterocycles. The van der Waals surface area contributed by atoms with E-state index in [1.54, 1.807) is 31.2 Å². The Morgan fingerprint density at radius 3 is 1.74 bits per heavy atom. The molecule has 2 fully saturated rings. The van der Waals surface area contributed by atoms with E-state index in [1.165, 1.54) is 0 Å². The number of nitrogen functional groups attached to an aromatic ring is 1. The fourth-order valence-corrected chi connectivity index (χ4v) is 5.93. The highest BCUT2D eigenvalue weighted by atomic mass is 35.5. The van der Waals surface area contributed by atoms with Crippen LogP contribution in [0.2, 0.25) is 5.15 Å². The fourth-order valence-electron chi connectivity index (χ4n) is 5.69. The maximum Gasteiger partial charge on any atom is 0.410 e. The summed E-state index contributed by atoms with van der Waals surface area (Å²) in [4.78, 5) is 37.3. The molecule has 0 aromatic carbocycles. The molecule has 248 valence electrons. The topological polar surface area (TPSA) is 145 Å². The van der Waals surface area contributed by atoms with E-state index < -0.39 is 11.2 Å². The van der Waals surface area contributed by atoms with Gasteiger partial charge in [-0.15, -0.1) is 0 Å². The van der Waals surface area contributed by atoms with Crippen molar-refractivity contribution in [3.63, 3.8) is 0 Å². The molecule has 0 saturated carbocycles. The monoisotopic (exact) mass is 653 g/mol. The largest absolute Gasteiger partial charge is 0.444 e. The molecule has 0 aliphatic carbocycles. The Balaban J connectivity index is 0.000000181. The van der Waals surface area contributed by atoms with Crippen LogP contribution in [0.25, 0.3) is 11.3 Å². The molecule has 2 amide bonds. The minimum atomic E-state index is -0.484. The number of hydrogen-bond donors (Lipinski definition) is 1. The number of carbonyl (C=O) groups excluding carboxylic acids is 2. The maximum atomic E-state index is 12.3. The van der Waals surface area contributed by atoms with Crippen molar-refractivity contribution in [1.82, 2.24) is 39.0 Å². The number of nitrogens with two attached hydrogens (primary N) is 1. The van der Waals surface area contributed by atoms with Crippen LogP contribution in [0.1, 0.15) is 90.4 Å². The summed E-state index contributed by atoms with van der Waals surface area (Å²) in [5, 5.41) is 8.79. The van der Waals surface area contributed by atoms with Gasteiger partial charge in [-0.3, -0.25) is 0 Å². The standard InChI is InChI=1S/C16H21ClN4O2.C16H23N5O2/c2*1-16(2,3)23-15(22)20-8-4-5-11(10-20)12-9-13(17)21-14(19-12)6-7-18-21/h6-7,9,11H,4-5,8,10H2,1-3H3;6-7,9,11H,4-5,8,10,17H2,1-3H3. The number of carbonyl (C=O) groups is 2. The lowest BCUT2D eigenvalue weighted by Gasteiger charge is -2.34. The molecule has 2 saturated heterocycles. The van der Waals surface area contributed by atoms with Crippen molar-refractivity contribution in [2.75, 3.05) is 31.9 Å². The van der Waals surface area contributed by atoms with Crippen molar-refractivity contribution in [2.24, 2.45) is 0 Å². The molecule has 2 atom stereocenters. The lowest BCUT2D eigenvalue weighted by molar-refractivity contribution is 0.0187. The second-order valence-electron chi connectivity index (χ2n) is 13.8. The van der Waals surface area contributed by atoms with Crippen LogP contribution in [0, 0.1) is 0 Å². The van der Waals surface area contributed by atoms with Crippen molar-refractivity contribution in [2.45, 2.75) is 90.3 Å². The first-order valence-electron chi connectivity index (χ1n) is 15.7. The zero-order valence-corrected chi connectivity index (χ0v) is 28.2. The van der Waals surface area contributed by atoms with Gasteiger partial charge in [-0.25, -0.2) is 24.1 Å². The highest BCUT2D eigenvalue weighted by Gasteiger charge is 2.31. The smallest absolute Gasteiger partial charge is 0.410 e. The first-order chi connectivity index (χ1) is 21.7. The van der Waals surface area contributed by atoms with E-state index in [4.69, 9.17) is 26.8 Å². The van der Waals surface area contributed by atoms with E-state index in [0.717, 1.165) is 54.9 Å². The third kappa shape index (κ3) is 8.17. The van der Waals surface area contributed by atoms with Gasteiger partial charge in [-0.2, -0.15) is 14.7 Å². The van der Waals surface area contributed by atoms with Crippen LogP contribution in [0.3, 0.4) is 0 Å². The summed E-state index contributed by atoms with van der Waals surface area (Å²) in [6.07, 6.45) is 6.63. The molecule has 0 spiro atoms. The van der Waals surface area contributed by atoms with E-state index in [0.29, 0.717) is 30.6 Å². The SMILES string of the molecule is CC(C)(C)OC(=O)N1CCCC(c2cc(Cl)n3nccc3n2)C1.CC(C)(C)OC(=O)N1CCCC(c2cc(N)n3nccc3n2)C1. The lowest BCUT2D eigenvalue weighted by Crippen LogP contribution is -2.42. The van der Waals surface area contributed by atoms with Gasteiger partial charge < -0.3 is 25.0 Å². The number of piperidine rings is 2. The first-order valence-corrected chi connectivity index (χ1v) is 16.1. The summed E-state index contributed by atoms with van der Waals surface area (Å²) >= 11 is 6.26. The Bertz CT molecular complexity index is 1570. The molecule has 2 aliphatic rings. The van der Waals surface area contributed by atoms with Gasteiger partial charge in [0, 0.05) is 56.2 Å².